The van der Waals surface area contributed by atoms with Crippen LogP contribution in [0.5, 0.6) is 0 Å². The minimum Gasteiger partial charge on any atom is -0.480 e. The summed E-state index contributed by atoms with van der Waals surface area (Å²) in [7, 11) is -4.62. The first-order valence-electron chi connectivity index (χ1n) is 22.5. The molecule has 0 amide bonds. The second-order valence-electron chi connectivity index (χ2n) is 15.2. The maximum atomic E-state index is 12.6. The highest BCUT2D eigenvalue weighted by Gasteiger charge is 2.27. The number of carboxylic acids is 1. The van der Waals surface area contributed by atoms with Crippen LogP contribution in [0.15, 0.2) is 36.5 Å². The van der Waals surface area contributed by atoms with Crippen molar-refractivity contribution in [3.8, 4) is 0 Å². The Balaban J connectivity index is 4.20. The van der Waals surface area contributed by atoms with Gasteiger partial charge in [0.05, 0.1) is 19.8 Å². The van der Waals surface area contributed by atoms with Crippen molar-refractivity contribution in [1.29, 1.82) is 0 Å². The lowest BCUT2D eigenvalue weighted by Crippen LogP contribution is -2.34. The summed E-state index contributed by atoms with van der Waals surface area (Å²) in [6.07, 6.45) is 46.3. The molecular weight excluding hydrogens is 729 g/mol. The van der Waals surface area contributed by atoms with E-state index < -0.39 is 45.1 Å². The van der Waals surface area contributed by atoms with Gasteiger partial charge >= 0.3 is 19.8 Å². The maximum absolute atomic E-state index is 12.6. The van der Waals surface area contributed by atoms with Crippen LogP contribution in [0, 0.1) is 0 Å². The largest absolute Gasteiger partial charge is 0.480 e. The average Bonchev–Trinajstić information content (AvgIpc) is 3.18. The molecule has 56 heavy (non-hydrogen) atoms. The molecule has 0 spiro atoms. The molecule has 0 heterocycles. The van der Waals surface area contributed by atoms with E-state index in [0.717, 1.165) is 70.6 Å². The molecule has 11 heteroatoms. The Morgan fingerprint density at radius 3 is 1.55 bits per heavy atom. The van der Waals surface area contributed by atoms with E-state index >= 15 is 0 Å². The zero-order valence-electron chi connectivity index (χ0n) is 35.7. The van der Waals surface area contributed by atoms with Gasteiger partial charge in [-0.15, -0.1) is 0 Å². The summed E-state index contributed by atoms with van der Waals surface area (Å²) >= 11 is 0. The third-order valence-corrected chi connectivity index (χ3v) is 10.6. The van der Waals surface area contributed by atoms with Crippen LogP contribution in [0.3, 0.4) is 0 Å². The third-order valence-electron chi connectivity index (χ3n) is 9.68. The van der Waals surface area contributed by atoms with Gasteiger partial charge in [-0.25, -0.2) is 4.57 Å². The van der Waals surface area contributed by atoms with Crippen molar-refractivity contribution in [3.05, 3.63) is 36.5 Å². The molecule has 0 bridgehead atoms. The number of phosphoric ester groups is 1. The molecule has 3 atom stereocenters. The van der Waals surface area contributed by atoms with E-state index in [1.54, 1.807) is 0 Å². The highest BCUT2D eigenvalue weighted by molar-refractivity contribution is 7.47. The molecule has 0 aliphatic heterocycles. The number of hydrogen-bond donors (Lipinski definition) is 3. The number of carbonyl (C=O) groups is 2. The summed E-state index contributed by atoms with van der Waals surface area (Å²) in [4.78, 5) is 33.5. The van der Waals surface area contributed by atoms with E-state index in [1.807, 2.05) is 0 Å². The summed E-state index contributed by atoms with van der Waals surface area (Å²) in [6, 6.07) is -1.47. The molecule has 0 aliphatic carbocycles. The number of hydrogen-bond acceptors (Lipinski definition) is 8. The molecule has 0 aliphatic rings. The van der Waals surface area contributed by atoms with Crippen LogP contribution in [-0.4, -0.2) is 60.5 Å². The third kappa shape index (κ3) is 40.4. The van der Waals surface area contributed by atoms with Crippen LogP contribution in [0.25, 0.3) is 0 Å². The number of unbranched alkanes of at least 4 members (excludes halogenated alkanes) is 23. The average molecular weight is 814 g/mol. The molecule has 0 aromatic rings. The second kappa shape index (κ2) is 41.4. The molecule has 0 radical (unpaired) electrons. The van der Waals surface area contributed by atoms with Crippen molar-refractivity contribution in [2.75, 3.05) is 26.4 Å². The number of aliphatic carboxylic acids is 1. The summed E-state index contributed by atoms with van der Waals surface area (Å²) in [5.74, 6) is -1.79. The lowest BCUT2D eigenvalue weighted by atomic mass is 10.0. The fraction of sp³-hybridized carbons (Fsp3) is 0.822. The molecule has 4 N–H and O–H groups in total. The van der Waals surface area contributed by atoms with Gasteiger partial charge in [-0.05, 0) is 44.9 Å². The van der Waals surface area contributed by atoms with Gasteiger partial charge in [-0.3, -0.25) is 18.6 Å². The molecule has 10 nitrogen and oxygen atoms in total. The first kappa shape index (κ1) is 54.2. The van der Waals surface area contributed by atoms with Gasteiger partial charge in [0.25, 0.3) is 0 Å². The quantitative estimate of drug-likeness (QED) is 0.0234. The molecular formula is C45H84NO9P. The van der Waals surface area contributed by atoms with Crippen molar-refractivity contribution in [1.82, 2.24) is 0 Å². The van der Waals surface area contributed by atoms with Crippen LogP contribution in [0.1, 0.15) is 200 Å². The van der Waals surface area contributed by atoms with E-state index in [4.69, 9.17) is 29.4 Å². The minimum atomic E-state index is -4.62. The zero-order chi connectivity index (χ0) is 41.2. The Bertz CT molecular complexity index is 1040. The number of esters is 1. The zero-order valence-corrected chi connectivity index (χ0v) is 36.6. The van der Waals surface area contributed by atoms with Crippen LogP contribution in [0.4, 0.5) is 0 Å². The number of carbonyl (C=O) groups excluding carboxylic acids is 1. The molecule has 0 aromatic carbocycles. The standard InChI is InChI=1S/C45H84NO9P/c1-3-5-7-9-11-13-15-17-19-20-21-22-24-26-28-30-32-34-36-38-52-39-42(40-53-56(50,51)54-41-43(46)45(48)49)55-44(47)37-35-33-31-29-27-25-23-18-16-14-12-10-8-6-4-2/h6,8,12,14,18,23,42-43H,3-5,7,9-11,13,15-17,19-22,24-41,46H2,1-2H3,(H,48,49)(H,50,51)/b8-6-,14-12-,23-18-. The van der Waals surface area contributed by atoms with Crippen LogP contribution in [-0.2, 0) is 32.7 Å². The lowest BCUT2D eigenvalue weighted by Gasteiger charge is -2.20. The molecule has 0 rings (SSSR count). The summed E-state index contributed by atoms with van der Waals surface area (Å²) < 4.78 is 33.4. The number of nitrogens with two attached hydrogens (primary N) is 1. The monoisotopic (exact) mass is 814 g/mol. The molecule has 0 fully saturated rings. The molecule has 328 valence electrons. The van der Waals surface area contributed by atoms with Crippen molar-refractivity contribution in [2.24, 2.45) is 5.73 Å². The molecule has 0 saturated carbocycles. The maximum Gasteiger partial charge on any atom is 0.472 e. The van der Waals surface area contributed by atoms with Crippen molar-refractivity contribution in [3.63, 3.8) is 0 Å². The van der Waals surface area contributed by atoms with Crippen LogP contribution < -0.4 is 5.73 Å². The Morgan fingerprint density at radius 1 is 0.589 bits per heavy atom. The number of ether oxygens (including phenoxy) is 2. The summed E-state index contributed by atoms with van der Waals surface area (Å²) in [5.41, 5.74) is 5.36. The number of carboxylic acid groups (broad SMARTS) is 1. The van der Waals surface area contributed by atoms with E-state index in [1.165, 1.54) is 103 Å². The summed E-state index contributed by atoms with van der Waals surface area (Å²) in [6.45, 7) is 3.77. The van der Waals surface area contributed by atoms with Gasteiger partial charge in [0, 0.05) is 13.0 Å². The van der Waals surface area contributed by atoms with Crippen molar-refractivity contribution >= 4 is 19.8 Å². The normalized spacial score (nSPS) is 14.2. The lowest BCUT2D eigenvalue weighted by molar-refractivity contribution is -0.154. The van der Waals surface area contributed by atoms with Gasteiger partial charge in [0.2, 0.25) is 0 Å². The van der Waals surface area contributed by atoms with Crippen LogP contribution in [0.2, 0.25) is 0 Å². The first-order valence-corrected chi connectivity index (χ1v) is 24.0. The Labute approximate surface area is 342 Å². The van der Waals surface area contributed by atoms with Crippen molar-refractivity contribution in [2.45, 2.75) is 212 Å². The highest BCUT2D eigenvalue weighted by atomic mass is 31.2. The van der Waals surface area contributed by atoms with Crippen LogP contribution >= 0.6 is 7.82 Å². The Morgan fingerprint density at radius 2 is 1.04 bits per heavy atom. The second-order valence-corrected chi connectivity index (χ2v) is 16.6. The first-order chi connectivity index (χ1) is 27.2. The fourth-order valence-corrected chi connectivity index (χ4v) is 6.99. The molecule has 3 unspecified atom stereocenters. The van der Waals surface area contributed by atoms with Gasteiger partial charge in [0.1, 0.15) is 12.1 Å². The molecule has 0 saturated heterocycles. The smallest absolute Gasteiger partial charge is 0.472 e. The van der Waals surface area contributed by atoms with Gasteiger partial charge in [0.15, 0.2) is 0 Å². The fourth-order valence-electron chi connectivity index (χ4n) is 6.21. The number of allylic oxidation sites excluding steroid dienone is 6. The topological polar surface area (TPSA) is 155 Å². The predicted octanol–water partition coefficient (Wildman–Crippen LogP) is 12.5. The predicted molar refractivity (Wildman–Crippen MR) is 231 cm³/mol. The van der Waals surface area contributed by atoms with E-state index in [9.17, 15) is 19.0 Å². The van der Waals surface area contributed by atoms with Gasteiger partial charge in [-0.2, -0.15) is 0 Å². The number of rotatable bonds is 43. The minimum absolute atomic E-state index is 0.0125. The van der Waals surface area contributed by atoms with E-state index in [0.29, 0.717) is 13.0 Å². The molecule has 0 aromatic heterocycles. The Kier molecular flexibility index (Phi) is 40.0. The van der Waals surface area contributed by atoms with Gasteiger partial charge < -0.3 is 25.2 Å². The summed E-state index contributed by atoms with van der Waals surface area (Å²) in [5, 5.41) is 8.90. The highest BCUT2D eigenvalue weighted by Crippen LogP contribution is 2.43. The SMILES string of the molecule is CC/C=C\C/C=C\C/C=C\CCCCCCCC(=O)OC(COCCCCCCCCCCCCCCCCCCCCC)COP(=O)(O)OCC(N)C(=O)O. The van der Waals surface area contributed by atoms with Gasteiger partial charge in [-0.1, -0.05) is 185 Å². The number of phosphoric acid groups is 1. The van der Waals surface area contributed by atoms with E-state index in [2.05, 4.69) is 50.3 Å². The Hall–Kier alpha value is -1.81. The van der Waals surface area contributed by atoms with Crippen molar-refractivity contribution < 1.29 is 42.7 Å². The van der Waals surface area contributed by atoms with E-state index in [-0.39, 0.29) is 13.0 Å².